The third kappa shape index (κ3) is 4.53. The predicted molar refractivity (Wildman–Crippen MR) is 95.1 cm³/mol. The van der Waals surface area contributed by atoms with Crippen LogP contribution in [0.15, 0.2) is 33.9 Å². The molecular formula is C18H21N5O3. The van der Waals surface area contributed by atoms with Gasteiger partial charge in [-0.25, -0.2) is 5.43 Å². The molecule has 0 radical (unpaired) electrons. The minimum absolute atomic E-state index is 0.0902. The number of hydrogen-bond acceptors (Lipinski definition) is 6. The molecular weight excluding hydrogens is 334 g/mol. The molecule has 8 heteroatoms. The lowest BCUT2D eigenvalue weighted by molar-refractivity contribution is -0.122. The van der Waals surface area contributed by atoms with Crippen LogP contribution in [0.5, 0.6) is 0 Å². The number of aryl methyl sites for hydroxylation is 1. The van der Waals surface area contributed by atoms with Crippen LogP contribution in [-0.2, 0) is 9.59 Å². The fourth-order valence-electron chi connectivity index (χ4n) is 2.56. The van der Waals surface area contributed by atoms with Crippen molar-refractivity contribution in [3.05, 3.63) is 35.7 Å². The van der Waals surface area contributed by atoms with E-state index in [9.17, 15) is 9.59 Å². The van der Waals surface area contributed by atoms with Gasteiger partial charge in [-0.3, -0.25) is 9.59 Å². The number of benzene rings is 1. The molecule has 26 heavy (non-hydrogen) atoms. The monoisotopic (exact) mass is 355 g/mol. The van der Waals surface area contributed by atoms with Crippen LogP contribution in [0.1, 0.15) is 50.1 Å². The Morgan fingerprint density at radius 3 is 2.77 bits per heavy atom. The zero-order valence-electron chi connectivity index (χ0n) is 14.8. The topological polar surface area (TPSA) is 109 Å². The van der Waals surface area contributed by atoms with Crippen molar-refractivity contribution < 1.29 is 14.1 Å². The fraction of sp³-hybridized carbons (Fsp3) is 0.389. The molecule has 8 nitrogen and oxygen atoms in total. The van der Waals surface area contributed by atoms with Crippen LogP contribution in [0, 0.1) is 6.92 Å². The van der Waals surface area contributed by atoms with Crippen molar-refractivity contribution in [3.63, 3.8) is 0 Å². The van der Waals surface area contributed by atoms with E-state index in [2.05, 4.69) is 26.0 Å². The van der Waals surface area contributed by atoms with Crippen molar-refractivity contribution in [2.45, 2.75) is 45.6 Å². The third-order valence-corrected chi connectivity index (χ3v) is 4.12. The van der Waals surface area contributed by atoms with E-state index in [1.54, 1.807) is 6.92 Å². The number of nitrogens with zero attached hydrogens (tertiary/aromatic N) is 3. The molecule has 1 aliphatic rings. The van der Waals surface area contributed by atoms with Gasteiger partial charge in [0.05, 0.1) is 0 Å². The summed E-state index contributed by atoms with van der Waals surface area (Å²) in [6.45, 7) is 3.80. The van der Waals surface area contributed by atoms with Gasteiger partial charge in [0.15, 0.2) is 0 Å². The van der Waals surface area contributed by atoms with E-state index in [0.29, 0.717) is 31.0 Å². The molecule has 0 bridgehead atoms. The summed E-state index contributed by atoms with van der Waals surface area (Å²) in [6.07, 6.45) is 1.81. The number of hydrogen-bond donors (Lipinski definition) is 2. The molecule has 0 saturated carbocycles. The van der Waals surface area contributed by atoms with Crippen LogP contribution in [0.2, 0.25) is 0 Å². The van der Waals surface area contributed by atoms with Gasteiger partial charge in [0.25, 0.3) is 0 Å². The molecule has 136 valence electrons. The largest absolute Gasteiger partial charge is 0.345 e. The second-order valence-electron chi connectivity index (χ2n) is 6.32. The fourth-order valence-corrected chi connectivity index (χ4v) is 2.56. The van der Waals surface area contributed by atoms with Gasteiger partial charge in [0, 0.05) is 24.1 Å². The Morgan fingerprint density at radius 2 is 2.08 bits per heavy atom. The summed E-state index contributed by atoms with van der Waals surface area (Å²) >= 11 is 0. The van der Waals surface area contributed by atoms with Gasteiger partial charge in [-0.15, -0.1) is 0 Å². The Bertz CT molecular complexity index is 826. The van der Waals surface area contributed by atoms with Crippen molar-refractivity contribution in [2.24, 2.45) is 5.10 Å². The van der Waals surface area contributed by atoms with E-state index in [0.717, 1.165) is 16.8 Å². The van der Waals surface area contributed by atoms with Gasteiger partial charge in [0.1, 0.15) is 6.04 Å². The molecule has 2 N–H and O–H groups in total. The molecule has 2 amide bonds. The van der Waals surface area contributed by atoms with E-state index >= 15 is 0 Å². The molecule has 2 aromatic rings. The molecule has 0 spiro atoms. The van der Waals surface area contributed by atoms with Crippen molar-refractivity contribution in [3.8, 4) is 11.4 Å². The molecule has 0 unspecified atom stereocenters. The highest BCUT2D eigenvalue weighted by Crippen LogP contribution is 2.19. The summed E-state index contributed by atoms with van der Waals surface area (Å²) in [5.41, 5.74) is 5.27. The number of carbonyl (C=O) groups is 2. The second-order valence-corrected chi connectivity index (χ2v) is 6.32. The first-order chi connectivity index (χ1) is 12.5. The third-order valence-electron chi connectivity index (χ3n) is 4.12. The summed E-state index contributed by atoms with van der Waals surface area (Å²) in [5.74, 6) is 0.629. The van der Waals surface area contributed by atoms with E-state index in [1.165, 1.54) is 0 Å². The van der Waals surface area contributed by atoms with E-state index in [4.69, 9.17) is 4.52 Å². The molecule has 3 rings (SSSR count). The van der Waals surface area contributed by atoms with Gasteiger partial charge in [-0.05, 0) is 26.7 Å². The highest BCUT2D eigenvalue weighted by molar-refractivity contribution is 5.94. The highest BCUT2D eigenvalue weighted by atomic mass is 16.5. The number of amides is 2. The summed E-state index contributed by atoms with van der Waals surface area (Å²) in [7, 11) is 0. The van der Waals surface area contributed by atoms with Gasteiger partial charge in [-0.1, -0.05) is 35.0 Å². The van der Waals surface area contributed by atoms with Gasteiger partial charge < -0.3 is 9.84 Å². The zero-order chi connectivity index (χ0) is 18.5. The first-order valence-corrected chi connectivity index (χ1v) is 8.55. The Balaban J connectivity index is 1.53. The molecule has 0 fully saturated rings. The number of carbonyl (C=O) groups excluding carboxylic acids is 2. The molecule has 1 aromatic heterocycles. The van der Waals surface area contributed by atoms with Crippen LogP contribution in [0.4, 0.5) is 0 Å². The lowest BCUT2D eigenvalue weighted by Gasteiger charge is -2.13. The van der Waals surface area contributed by atoms with Crippen LogP contribution in [-0.4, -0.2) is 27.7 Å². The van der Waals surface area contributed by atoms with Crippen LogP contribution in [0.3, 0.4) is 0 Å². The van der Waals surface area contributed by atoms with E-state index < -0.39 is 0 Å². The lowest BCUT2D eigenvalue weighted by atomic mass is 10.1. The number of aromatic nitrogens is 2. The minimum Gasteiger partial charge on any atom is -0.345 e. The maximum absolute atomic E-state index is 12.1. The van der Waals surface area contributed by atoms with Crippen LogP contribution in [0.25, 0.3) is 11.4 Å². The SMILES string of the molecule is Cc1ccc(-c2noc([C@H](C)NC(=O)CCC3=NNC(=O)CC3)n2)cc1. The maximum atomic E-state index is 12.1. The molecule has 0 saturated heterocycles. The highest BCUT2D eigenvalue weighted by Gasteiger charge is 2.18. The van der Waals surface area contributed by atoms with Gasteiger partial charge >= 0.3 is 0 Å². The van der Waals surface area contributed by atoms with E-state index in [1.807, 2.05) is 31.2 Å². The Labute approximate surface area is 151 Å². The van der Waals surface area contributed by atoms with Gasteiger partial charge in [-0.2, -0.15) is 10.1 Å². The molecule has 1 aromatic carbocycles. The van der Waals surface area contributed by atoms with Crippen molar-refractivity contribution >= 4 is 17.5 Å². The zero-order valence-corrected chi connectivity index (χ0v) is 14.8. The average Bonchev–Trinajstić information content (AvgIpc) is 3.12. The molecule has 1 aliphatic heterocycles. The lowest BCUT2D eigenvalue weighted by Crippen LogP contribution is -2.29. The standard InChI is InChI=1S/C18H21N5O3/c1-11-3-5-13(6-4-11)17-20-18(26-23-17)12(2)19-15(24)9-7-14-8-10-16(25)22-21-14/h3-6,12H,7-10H2,1-2H3,(H,19,24)(H,22,25)/t12-/m0/s1. The minimum atomic E-state index is -0.387. The smallest absolute Gasteiger partial charge is 0.249 e. The summed E-state index contributed by atoms with van der Waals surface area (Å²) in [4.78, 5) is 27.5. The first-order valence-electron chi connectivity index (χ1n) is 8.55. The number of hydrazone groups is 1. The normalized spacial score (nSPS) is 15.2. The molecule has 2 heterocycles. The number of nitrogens with one attached hydrogen (secondary N) is 2. The summed E-state index contributed by atoms with van der Waals surface area (Å²) in [5, 5.41) is 10.8. The van der Waals surface area contributed by atoms with Crippen LogP contribution >= 0.6 is 0 Å². The maximum Gasteiger partial charge on any atom is 0.249 e. The van der Waals surface area contributed by atoms with Crippen molar-refractivity contribution in [1.29, 1.82) is 0 Å². The molecule has 0 aliphatic carbocycles. The quantitative estimate of drug-likeness (QED) is 0.826. The predicted octanol–water partition coefficient (Wildman–Crippen LogP) is 2.27. The van der Waals surface area contributed by atoms with Crippen molar-refractivity contribution in [2.75, 3.05) is 0 Å². The molecule has 1 atom stereocenters. The average molecular weight is 355 g/mol. The summed E-state index contributed by atoms with van der Waals surface area (Å²) < 4.78 is 5.27. The van der Waals surface area contributed by atoms with Crippen molar-refractivity contribution in [1.82, 2.24) is 20.9 Å². The van der Waals surface area contributed by atoms with E-state index in [-0.39, 0.29) is 24.3 Å². The van der Waals surface area contributed by atoms with Gasteiger partial charge in [0.2, 0.25) is 23.5 Å². The number of rotatable bonds is 6. The Hall–Kier alpha value is -3.03. The Kier molecular flexibility index (Phi) is 5.40. The Morgan fingerprint density at radius 1 is 1.31 bits per heavy atom. The first kappa shape index (κ1) is 17.8. The second kappa shape index (κ2) is 7.90. The summed E-state index contributed by atoms with van der Waals surface area (Å²) in [6, 6.07) is 7.43. The van der Waals surface area contributed by atoms with Crippen LogP contribution < -0.4 is 10.7 Å².